The summed E-state index contributed by atoms with van der Waals surface area (Å²) in [6.07, 6.45) is 8.59. The van der Waals surface area contributed by atoms with Crippen LogP contribution < -0.4 is 11.4 Å². The number of rotatable bonds is 7. The Balaban J connectivity index is 1.09. The minimum atomic E-state index is -1.23. The normalized spacial score (nSPS) is 23.7. The summed E-state index contributed by atoms with van der Waals surface area (Å²) in [5.74, 6) is -1.62. The molecule has 1 spiro atoms. The molecule has 3 fully saturated rings. The van der Waals surface area contributed by atoms with Crippen LogP contribution in [0.15, 0.2) is 81.2 Å². The Morgan fingerprint density at radius 2 is 1.66 bits per heavy atom. The number of piperidine rings is 1. The van der Waals surface area contributed by atoms with Crippen LogP contribution in [0.1, 0.15) is 129 Å². The second-order valence-corrected chi connectivity index (χ2v) is 21.5. The highest BCUT2D eigenvalue weighted by atomic mass is 19.1. The highest BCUT2D eigenvalue weighted by Gasteiger charge is 2.61. The van der Waals surface area contributed by atoms with Crippen LogP contribution in [0.25, 0.3) is 39.0 Å². The van der Waals surface area contributed by atoms with Gasteiger partial charge in [0.05, 0.1) is 45.8 Å². The fraction of sp³-hybridized carbons (Fsp3) is 0.426. The molecule has 1 N–H and O–H groups in total. The van der Waals surface area contributed by atoms with Crippen LogP contribution >= 0.6 is 0 Å². The number of imidazole rings is 1. The first-order valence-electron chi connectivity index (χ1n) is 25.1. The summed E-state index contributed by atoms with van der Waals surface area (Å²) in [6, 6.07) is 13.9. The summed E-state index contributed by atoms with van der Waals surface area (Å²) in [6.45, 7) is 14.0. The van der Waals surface area contributed by atoms with Crippen molar-refractivity contribution in [3.63, 3.8) is 0 Å². The molecule has 5 aromatic heterocycles. The van der Waals surface area contributed by atoms with Crippen molar-refractivity contribution in [1.82, 2.24) is 53.2 Å². The molecule has 378 valence electrons. The average molecular weight is 994 g/mol. The van der Waals surface area contributed by atoms with Gasteiger partial charge in [-0.05, 0) is 144 Å². The molecular weight excluding hydrogens is 937 g/mol. The van der Waals surface area contributed by atoms with Crippen LogP contribution in [0, 0.1) is 31.4 Å². The number of likely N-dealkylation sites (tertiary alicyclic amines) is 1. The third-order valence-corrected chi connectivity index (χ3v) is 16.5. The molecule has 8 aromatic rings. The Bertz CT molecular complexity index is 3720. The predicted octanol–water partition coefficient (Wildman–Crippen LogP) is 8.17. The fourth-order valence-electron chi connectivity index (χ4n) is 13.0. The number of nitrogens with zero attached hydrogens (tertiary/aromatic N) is 10. The lowest BCUT2D eigenvalue weighted by atomic mass is 9.81. The molecule has 2 amide bonds. The zero-order chi connectivity index (χ0) is 51.2. The average Bonchev–Trinajstić information content (AvgIpc) is 3.99. The van der Waals surface area contributed by atoms with Gasteiger partial charge in [0.15, 0.2) is 11.6 Å². The molecule has 2 saturated heterocycles. The molecule has 12 rings (SSSR count). The number of fused-ring (bicyclic) bond motifs is 3. The number of H-pyrrole nitrogens is 1. The minimum absolute atomic E-state index is 0.00831. The maximum absolute atomic E-state index is 16.6. The molecule has 73 heavy (non-hydrogen) atoms. The van der Waals surface area contributed by atoms with E-state index in [1.165, 1.54) is 34.5 Å². The van der Waals surface area contributed by atoms with E-state index in [1.807, 2.05) is 35.4 Å². The Hall–Kier alpha value is -7.41. The Labute approximate surface area is 417 Å². The van der Waals surface area contributed by atoms with Crippen molar-refractivity contribution >= 4 is 33.6 Å². The monoisotopic (exact) mass is 993 g/mol. The van der Waals surface area contributed by atoms with E-state index >= 15 is 18.4 Å². The molecule has 1 aliphatic carbocycles. The lowest BCUT2D eigenvalue weighted by molar-refractivity contribution is -0.152. The summed E-state index contributed by atoms with van der Waals surface area (Å²) in [5.41, 5.74) is 1.88. The molecule has 5 atom stereocenters. The van der Waals surface area contributed by atoms with Crippen molar-refractivity contribution in [3.05, 3.63) is 139 Å². The summed E-state index contributed by atoms with van der Waals surface area (Å²) in [7, 11) is 1.71. The smallest absolute Gasteiger partial charge is 0.376 e. The van der Waals surface area contributed by atoms with Crippen molar-refractivity contribution in [1.29, 1.82) is 0 Å². The number of amides is 2. The van der Waals surface area contributed by atoms with Gasteiger partial charge in [0.25, 0.3) is 5.91 Å². The Morgan fingerprint density at radius 1 is 0.918 bits per heavy atom. The van der Waals surface area contributed by atoms with Gasteiger partial charge < -0.3 is 19.1 Å². The lowest BCUT2D eigenvalue weighted by Gasteiger charge is -2.57. The first kappa shape index (κ1) is 46.6. The van der Waals surface area contributed by atoms with Crippen molar-refractivity contribution in [2.24, 2.45) is 13.0 Å². The van der Waals surface area contributed by atoms with E-state index in [-0.39, 0.29) is 58.4 Å². The van der Waals surface area contributed by atoms with E-state index in [1.54, 1.807) is 59.6 Å². The standard InChI is InChI=1S/C54H57F2N11O6/c1-29-21-37(22-30(2)45(29)55)67-47(63-19-18-62(51(63)71)42-14-13-41-38(46(42)56)28-57-61(41)8)44-32(4)65(53(27-39(44)59-67)16-9-10-17-64(53)33(5)68)48(69)43-24-36-23-34(35-15-20-72-52(6,7)26-35)11-12-40(36)66(43)54(25-31(54)3)49-58-50(70)73-60-49/h11-14,18-19,21-24,28,31-32,35H,9-10,15-17,20,25-27H2,1-8H3,(H,58,60,70)/t31-,32-,35-,53?,54-/m0/s1. The van der Waals surface area contributed by atoms with E-state index < -0.39 is 34.5 Å². The summed E-state index contributed by atoms with van der Waals surface area (Å²) in [4.78, 5) is 65.0. The first-order chi connectivity index (χ1) is 34.8. The highest BCUT2D eigenvalue weighted by Crippen LogP contribution is 2.57. The van der Waals surface area contributed by atoms with Crippen molar-refractivity contribution < 1.29 is 27.6 Å². The molecule has 0 bridgehead atoms. The van der Waals surface area contributed by atoms with E-state index in [4.69, 9.17) is 14.4 Å². The number of aromatic amines is 1. The van der Waals surface area contributed by atoms with E-state index in [2.05, 4.69) is 41.2 Å². The van der Waals surface area contributed by atoms with Gasteiger partial charge in [-0.25, -0.2) is 23.1 Å². The van der Waals surface area contributed by atoms with Gasteiger partial charge in [0, 0.05) is 62.4 Å². The summed E-state index contributed by atoms with van der Waals surface area (Å²) in [5, 5.41) is 14.8. The molecule has 8 heterocycles. The van der Waals surface area contributed by atoms with Gasteiger partial charge in [0.2, 0.25) is 5.91 Å². The van der Waals surface area contributed by atoms with Crippen LogP contribution in [0.4, 0.5) is 8.78 Å². The Morgan fingerprint density at radius 3 is 2.36 bits per heavy atom. The van der Waals surface area contributed by atoms with Crippen molar-refractivity contribution in [2.45, 2.75) is 122 Å². The topological polar surface area (TPSA) is 176 Å². The number of hydrogen-bond donors (Lipinski definition) is 1. The molecule has 0 radical (unpaired) electrons. The number of aromatic nitrogens is 9. The van der Waals surface area contributed by atoms with Gasteiger partial charge in [-0.15, -0.1) is 0 Å². The molecule has 3 aliphatic heterocycles. The quantitative estimate of drug-likeness (QED) is 0.165. The number of carbonyl (C=O) groups excluding carboxylic acids is 2. The van der Waals surface area contributed by atoms with E-state index in [0.717, 1.165) is 35.7 Å². The number of ether oxygens (including phenoxy) is 1. The van der Waals surface area contributed by atoms with Crippen LogP contribution in [0.3, 0.4) is 0 Å². The summed E-state index contributed by atoms with van der Waals surface area (Å²) < 4.78 is 50.9. The van der Waals surface area contributed by atoms with Crippen molar-refractivity contribution in [3.8, 4) is 17.2 Å². The molecule has 19 heteroatoms. The second-order valence-electron chi connectivity index (χ2n) is 21.5. The van der Waals surface area contributed by atoms with Crippen molar-refractivity contribution in [2.75, 3.05) is 13.2 Å². The Kier molecular flexibility index (Phi) is 10.4. The lowest BCUT2D eigenvalue weighted by Crippen LogP contribution is -2.68. The molecule has 4 aliphatic rings. The maximum Gasteiger partial charge on any atom is 0.438 e. The molecular formula is C54H57F2N11O6. The number of carbonyl (C=O) groups is 2. The van der Waals surface area contributed by atoms with Gasteiger partial charge in [-0.1, -0.05) is 18.1 Å². The molecule has 1 saturated carbocycles. The van der Waals surface area contributed by atoms with Gasteiger partial charge in [-0.2, -0.15) is 10.2 Å². The first-order valence-corrected chi connectivity index (χ1v) is 25.1. The van der Waals surface area contributed by atoms with Gasteiger partial charge in [0.1, 0.15) is 28.5 Å². The largest absolute Gasteiger partial charge is 0.438 e. The van der Waals surface area contributed by atoms with Gasteiger partial charge in [-0.3, -0.25) is 32.9 Å². The number of aryl methyl sites for hydroxylation is 3. The third-order valence-electron chi connectivity index (χ3n) is 16.5. The minimum Gasteiger partial charge on any atom is -0.376 e. The second kappa shape index (κ2) is 16.3. The summed E-state index contributed by atoms with van der Waals surface area (Å²) >= 11 is 0. The van der Waals surface area contributed by atoms with E-state index in [9.17, 15) is 9.59 Å². The zero-order valence-electron chi connectivity index (χ0n) is 42.1. The number of benzene rings is 3. The maximum atomic E-state index is 16.6. The highest BCUT2D eigenvalue weighted by molar-refractivity contribution is 6.00. The third kappa shape index (κ3) is 6.89. The van der Waals surface area contributed by atoms with E-state index in [0.29, 0.717) is 77.5 Å². The van der Waals surface area contributed by atoms with Gasteiger partial charge >= 0.3 is 11.4 Å². The zero-order valence-corrected chi connectivity index (χ0v) is 42.1. The van der Waals surface area contributed by atoms with Crippen LogP contribution in [-0.2, 0) is 28.5 Å². The molecule has 1 unspecified atom stereocenters. The number of halogens is 2. The SMILES string of the molecule is CC(=O)N1CCCCC12Cc1nn(-c3cc(C)c(F)c(C)c3)c(-n3ccn(-c4ccc5c(cnn5C)c4F)c3=O)c1[C@H](C)N2C(=O)c1cc2cc([C@H]3CCOC(C)(C)C3)ccc2n1[C@@]1(c2noc(=O)[nH]2)C[C@@H]1C. The molecule has 17 nitrogen and oxygen atoms in total. The number of nitrogens with one attached hydrogen (secondary N) is 1. The van der Waals surface area contributed by atoms with Crippen LogP contribution in [0.2, 0.25) is 0 Å². The van der Waals surface area contributed by atoms with Crippen LogP contribution in [-0.4, -0.2) is 89.4 Å². The predicted molar refractivity (Wildman–Crippen MR) is 266 cm³/mol. The number of hydrogen-bond acceptors (Lipinski definition) is 9. The van der Waals surface area contributed by atoms with Crippen LogP contribution in [0.5, 0.6) is 0 Å². The molecule has 3 aromatic carbocycles. The fourth-order valence-corrected chi connectivity index (χ4v) is 13.0.